The van der Waals surface area contributed by atoms with Crippen molar-refractivity contribution in [1.29, 1.82) is 0 Å². The maximum Gasteiger partial charge on any atom is 0.573 e. The first kappa shape index (κ1) is 22.7. The number of halogens is 3. The molecule has 168 valence electrons. The van der Waals surface area contributed by atoms with Gasteiger partial charge in [0.1, 0.15) is 18.1 Å². The highest BCUT2D eigenvalue weighted by atomic mass is 19.4. The average Bonchev–Trinajstić information content (AvgIpc) is 2.71. The van der Waals surface area contributed by atoms with Crippen molar-refractivity contribution < 1.29 is 37.3 Å². The van der Waals surface area contributed by atoms with Gasteiger partial charge in [0, 0.05) is 25.6 Å². The van der Waals surface area contributed by atoms with Gasteiger partial charge in [-0.1, -0.05) is 6.07 Å². The summed E-state index contributed by atoms with van der Waals surface area (Å²) in [6.07, 6.45) is -1.17. The minimum absolute atomic E-state index is 0.0477. The number of hydrogen-bond acceptors (Lipinski definition) is 6. The van der Waals surface area contributed by atoms with E-state index in [-0.39, 0.29) is 24.9 Å². The number of carboxylic acid groups (broad SMARTS) is 1. The van der Waals surface area contributed by atoms with Crippen LogP contribution in [0.2, 0.25) is 0 Å². The monoisotopic (exact) mass is 440 g/mol. The SMILES string of the molecule is Cc1cc(OC(F)(F)F)ccc1COc1cncc(N2CCO[C@@H](CCC(=O)O)C2)c1. The van der Waals surface area contributed by atoms with Crippen LogP contribution >= 0.6 is 0 Å². The van der Waals surface area contributed by atoms with E-state index in [2.05, 4.69) is 14.6 Å². The molecule has 10 heteroatoms. The normalized spacial score (nSPS) is 16.8. The summed E-state index contributed by atoms with van der Waals surface area (Å²) in [5.41, 5.74) is 2.16. The van der Waals surface area contributed by atoms with E-state index in [4.69, 9.17) is 14.6 Å². The molecule has 1 N–H and O–H groups in total. The molecule has 1 aliphatic heterocycles. The molecule has 0 aliphatic carbocycles. The summed E-state index contributed by atoms with van der Waals surface area (Å²) < 4.78 is 52.4. The molecule has 1 aromatic carbocycles. The van der Waals surface area contributed by atoms with E-state index >= 15 is 0 Å². The average molecular weight is 440 g/mol. The first-order chi connectivity index (χ1) is 14.7. The van der Waals surface area contributed by atoms with E-state index in [1.165, 1.54) is 18.2 Å². The zero-order valence-corrected chi connectivity index (χ0v) is 16.9. The highest BCUT2D eigenvalue weighted by Gasteiger charge is 2.31. The molecule has 0 bridgehead atoms. The summed E-state index contributed by atoms with van der Waals surface area (Å²) in [4.78, 5) is 17.0. The standard InChI is InChI=1S/C21H23F3N2O5/c1-14-8-17(31-21(22,23)24)3-2-15(14)13-30-19-9-16(10-25-11-19)26-6-7-29-18(12-26)4-5-20(27)28/h2-3,8-11,18H,4-7,12-13H2,1H3,(H,27,28)/t18-/m0/s1. The minimum Gasteiger partial charge on any atom is -0.487 e. The maximum absolute atomic E-state index is 12.3. The number of hydrogen-bond donors (Lipinski definition) is 1. The molecule has 1 fully saturated rings. The van der Waals surface area contributed by atoms with Crippen LogP contribution in [0.3, 0.4) is 0 Å². The largest absolute Gasteiger partial charge is 0.573 e. The molecule has 0 spiro atoms. The number of carbonyl (C=O) groups is 1. The Labute approximate surface area is 177 Å². The molecule has 3 rings (SSSR count). The molecular weight excluding hydrogens is 417 g/mol. The van der Waals surface area contributed by atoms with Gasteiger partial charge in [-0.3, -0.25) is 9.78 Å². The van der Waals surface area contributed by atoms with Crippen LogP contribution in [-0.4, -0.2) is 48.2 Å². The Morgan fingerprint density at radius 3 is 2.81 bits per heavy atom. The molecule has 0 saturated carbocycles. The second-order valence-electron chi connectivity index (χ2n) is 7.17. The Morgan fingerprint density at radius 1 is 1.29 bits per heavy atom. The maximum atomic E-state index is 12.3. The molecule has 2 aromatic rings. The second kappa shape index (κ2) is 9.86. The summed E-state index contributed by atoms with van der Waals surface area (Å²) in [7, 11) is 0. The molecule has 0 unspecified atom stereocenters. The van der Waals surface area contributed by atoms with Gasteiger partial charge in [0.25, 0.3) is 0 Å². The number of pyridine rings is 1. The molecule has 7 nitrogen and oxygen atoms in total. The van der Waals surface area contributed by atoms with E-state index in [1.54, 1.807) is 19.3 Å². The fourth-order valence-corrected chi connectivity index (χ4v) is 3.26. The smallest absolute Gasteiger partial charge is 0.487 e. The van der Waals surface area contributed by atoms with E-state index < -0.39 is 12.3 Å². The second-order valence-corrected chi connectivity index (χ2v) is 7.17. The summed E-state index contributed by atoms with van der Waals surface area (Å²) in [5.74, 6) is -0.616. The van der Waals surface area contributed by atoms with Crippen LogP contribution in [0.4, 0.5) is 18.9 Å². The van der Waals surface area contributed by atoms with E-state index in [0.29, 0.717) is 37.4 Å². The summed E-state index contributed by atoms with van der Waals surface area (Å²) in [5, 5.41) is 8.85. The van der Waals surface area contributed by atoms with E-state index in [0.717, 1.165) is 11.3 Å². The molecular formula is C21H23F3N2O5. The van der Waals surface area contributed by atoms with Gasteiger partial charge in [-0.15, -0.1) is 13.2 Å². The van der Waals surface area contributed by atoms with Gasteiger partial charge in [0.05, 0.1) is 30.8 Å². The van der Waals surface area contributed by atoms with Crippen molar-refractivity contribution in [2.75, 3.05) is 24.6 Å². The van der Waals surface area contributed by atoms with Gasteiger partial charge in [-0.2, -0.15) is 0 Å². The number of morpholine rings is 1. The van der Waals surface area contributed by atoms with Crippen LogP contribution in [0.1, 0.15) is 24.0 Å². The highest BCUT2D eigenvalue weighted by Crippen LogP contribution is 2.27. The van der Waals surface area contributed by atoms with Gasteiger partial charge in [-0.25, -0.2) is 0 Å². The fourth-order valence-electron chi connectivity index (χ4n) is 3.26. The van der Waals surface area contributed by atoms with Crippen molar-refractivity contribution in [3.8, 4) is 11.5 Å². The van der Waals surface area contributed by atoms with Crippen LogP contribution in [0.25, 0.3) is 0 Å². The molecule has 31 heavy (non-hydrogen) atoms. The van der Waals surface area contributed by atoms with Crippen LogP contribution in [0.5, 0.6) is 11.5 Å². The number of benzene rings is 1. The third kappa shape index (κ3) is 7.02. The minimum atomic E-state index is -4.73. The van der Waals surface area contributed by atoms with Gasteiger partial charge >= 0.3 is 12.3 Å². The first-order valence-electron chi connectivity index (χ1n) is 9.71. The predicted octanol–water partition coefficient (Wildman–Crippen LogP) is 3.94. The van der Waals surface area contributed by atoms with Crippen molar-refractivity contribution in [1.82, 2.24) is 4.98 Å². The lowest BCUT2D eigenvalue weighted by molar-refractivity contribution is -0.274. The van der Waals surface area contributed by atoms with Crippen molar-refractivity contribution in [2.45, 2.75) is 38.8 Å². The lowest BCUT2D eigenvalue weighted by atomic mass is 10.1. The molecule has 2 heterocycles. The molecule has 1 aliphatic rings. The third-order valence-corrected chi connectivity index (χ3v) is 4.82. The van der Waals surface area contributed by atoms with Crippen LogP contribution < -0.4 is 14.4 Å². The lowest BCUT2D eigenvalue weighted by Crippen LogP contribution is -2.42. The molecule has 0 amide bonds. The Kier molecular flexibility index (Phi) is 7.21. The Morgan fingerprint density at radius 2 is 2.10 bits per heavy atom. The number of alkyl halides is 3. The number of aromatic nitrogens is 1. The van der Waals surface area contributed by atoms with Gasteiger partial charge in [-0.05, 0) is 36.6 Å². The van der Waals surface area contributed by atoms with E-state index in [1.807, 2.05) is 6.07 Å². The summed E-state index contributed by atoms with van der Waals surface area (Å²) >= 11 is 0. The number of anilines is 1. The van der Waals surface area contributed by atoms with Crippen molar-refractivity contribution in [3.05, 3.63) is 47.8 Å². The van der Waals surface area contributed by atoms with Gasteiger partial charge in [0.15, 0.2) is 0 Å². The van der Waals surface area contributed by atoms with Gasteiger partial charge in [0.2, 0.25) is 0 Å². The molecule has 1 aromatic heterocycles. The van der Waals surface area contributed by atoms with Crippen molar-refractivity contribution in [3.63, 3.8) is 0 Å². The van der Waals surface area contributed by atoms with Gasteiger partial charge < -0.3 is 24.2 Å². The van der Waals surface area contributed by atoms with Crippen LogP contribution in [0, 0.1) is 6.92 Å². The number of ether oxygens (including phenoxy) is 3. The Balaban J connectivity index is 1.60. The number of carboxylic acids is 1. The zero-order chi connectivity index (χ0) is 22.4. The summed E-state index contributed by atoms with van der Waals surface area (Å²) in [6.45, 7) is 3.53. The van der Waals surface area contributed by atoms with Crippen LogP contribution in [0.15, 0.2) is 36.7 Å². The van der Waals surface area contributed by atoms with Crippen molar-refractivity contribution >= 4 is 11.7 Å². The van der Waals surface area contributed by atoms with Crippen LogP contribution in [-0.2, 0) is 16.1 Å². The number of aryl methyl sites for hydroxylation is 1. The topological polar surface area (TPSA) is 81.1 Å². The van der Waals surface area contributed by atoms with Crippen molar-refractivity contribution in [2.24, 2.45) is 0 Å². The third-order valence-electron chi connectivity index (χ3n) is 4.82. The molecule has 1 saturated heterocycles. The lowest BCUT2D eigenvalue weighted by Gasteiger charge is -2.34. The predicted molar refractivity (Wildman–Crippen MR) is 105 cm³/mol. The zero-order valence-electron chi connectivity index (χ0n) is 16.9. The molecule has 1 atom stereocenters. The Hall–Kier alpha value is -3.01. The quantitative estimate of drug-likeness (QED) is 0.666. The number of nitrogens with zero attached hydrogens (tertiary/aromatic N) is 2. The number of aliphatic carboxylic acids is 1. The summed E-state index contributed by atoms with van der Waals surface area (Å²) in [6, 6.07) is 5.91. The van der Waals surface area contributed by atoms with E-state index in [9.17, 15) is 18.0 Å². The number of rotatable bonds is 8. The Bertz CT molecular complexity index is 907. The first-order valence-corrected chi connectivity index (χ1v) is 9.71. The molecule has 0 radical (unpaired) electrons. The highest BCUT2D eigenvalue weighted by molar-refractivity contribution is 5.66. The fraction of sp³-hybridized carbons (Fsp3) is 0.429.